The van der Waals surface area contributed by atoms with Crippen LogP contribution in [0.15, 0.2) is 60.1 Å². The molecule has 2 aromatic rings. The molecule has 2 unspecified atom stereocenters. The molecular weight excluding hydrogens is 546 g/mol. The van der Waals surface area contributed by atoms with Gasteiger partial charge in [0.1, 0.15) is 25.0 Å². The van der Waals surface area contributed by atoms with E-state index in [1.54, 1.807) is 31.3 Å². The van der Waals surface area contributed by atoms with Crippen LogP contribution in [-0.2, 0) is 25.5 Å². The fourth-order valence-electron chi connectivity index (χ4n) is 4.03. The topological polar surface area (TPSA) is 168 Å². The number of hydrogen-bond acceptors (Lipinski definition) is 8. The second-order valence-electron chi connectivity index (χ2n) is 9.50. The van der Waals surface area contributed by atoms with Gasteiger partial charge in [0.2, 0.25) is 11.8 Å². The first-order valence-electron chi connectivity index (χ1n) is 13.1. The molecule has 0 spiro atoms. The maximum absolute atomic E-state index is 12.9. The number of amides is 4. The molecule has 0 saturated heterocycles. The number of likely N-dealkylation sites (N-methyl/N-ethyl adjacent to an activating group) is 1. The lowest BCUT2D eigenvalue weighted by Gasteiger charge is -2.17. The summed E-state index contributed by atoms with van der Waals surface area (Å²) in [4.78, 5) is 54.5. The number of carbonyl (C=O) groups is 4. The van der Waals surface area contributed by atoms with E-state index in [0.717, 1.165) is 5.56 Å². The van der Waals surface area contributed by atoms with E-state index in [4.69, 9.17) is 14.2 Å². The highest BCUT2D eigenvalue weighted by Crippen LogP contribution is 2.26. The molecule has 1 aliphatic heterocycles. The van der Waals surface area contributed by atoms with Crippen molar-refractivity contribution in [3.05, 3.63) is 66.2 Å². The van der Waals surface area contributed by atoms with Crippen molar-refractivity contribution in [2.75, 3.05) is 44.5 Å². The number of methoxy groups -OCH3 is 1. The summed E-state index contributed by atoms with van der Waals surface area (Å²) in [6.07, 6.45) is 0.535. The molecule has 4 amide bonds. The fourth-order valence-corrected chi connectivity index (χ4v) is 4.03. The van der Waals surface area contributed by atoms with Gasteiger partial charge in [-0.3, -0.25) is 4.79 Å². The summed E-state index contributed by atoms with van der Waals surface area (Å²) in [7, 11) is 3.07. The number of rotatable bonds is 13. The van der Waals surface area contributed by atoms with E-state index in [2.05, 4.69) is 27.5 Å². The molecular formula is C29H35N5O8. The quantitative estimate of drug-likeness (QED) is 0.262. The molecule has 13 nitrogen and oxygen atoms in total. The zero-order valence-electron chi connectivity index (χ0n) is 23.7. The van der Waals surface area contributed by atoms with Gasteiger partial charge in [-0.25, -0.2) is 19.4 Å². The van der Waals surface area contributed by atoms with Crippen molar-refractivity contribution in [3.8, 4) is 5.75 Å². The number of carboxylic acids is 1. The third kappa shape index (κ3) is 9.25. The molecule has 42 heavy (non-hydrogen) atoms. The zero-order chi connectivity index (χ0) is 30.6. The molecule has 2 aromatic carbocycles. The van der Waals surface area contributed by atoms with E-state index in [1.807, 2.05) is 25.1 Å². The minimum atomic E-state index is -1.23. The van der Waals surface area contributed by atoms with Gasteiger partial charge in [0.05, 0.1) is 31.8 Å². The normalized spacial score (nSPS) is 14.5. The van der Waals surface area contributed by atoms with Gasteiger partial charge in [-0.15, -0.1) is 0 Å². The number of anilines is 2. The van der Waals surface area contributed by atoms with Crippen LogP contribution >= 0.6 is 0 Å². The number of benzene rings is 2. The number of alkyl carbamates (subject to hydrolysis) is 1. The summed E-state index contributed by atoms with van der Waals surface area (Å²) < 4.78 is 15.8. The van der Waals surface area contributed by atoms with Gasteiger partial charge in [-0.1, -0.05) is 36.9 Å². The van der Waals surface area contributed by atoms with E-state index in [0.29, 0.717) is 22.7 Å². The van der Waals surface area contributed by atoms with E-state index < -0.39 is 30.2 Å². The van der Waals surface area contributed by atoms with Crippen LogP contribution in [-0.4, -0.2) is 85.9 Å². The van der Waals surface area contributed by atoms with Crippen LogP contribution < -0.4 is 20.7 Å². The van der Waals surface area contributed by atoms with Crippen molar-refractivity contribution >= 4 is 41.3 Å². The minimum absolute atomic E-state index is 0.0111. The predicted molar refractivity (Wildman–Crippen MR) is 156 cm³/mol. The molecule has 0 aromatic heterocycles. The van der Waals surface area contributed by atoms with Gasteiger partial charge in [0.15, 0.2) is 0 Å². The lowest BCUT2D eigenvalue weighted by atomic mass is 10.1. The highest BCUT2D eigenvalue weighted by molar-refractivity contribution is 6.01. The molecule has 224 valence electrons. The van der Waals surface area contributed by atoms with Crippen LogP contribution in [0.4, 0.5) is 21.0 Å². The first-order chi connectivity index (χ1) is 20.1. The third-order valence-electron chi connectivity index (χ3n) is 6.26. The van der Waals surface area contributed by atoms with Gasteiger partial charge < -0.3 is 40.2 Å². The molecule has 0 saturated carbocycles. The standard InChI is InChI=1S/C29H35N5O8/c1-5-12-41-29(39)33-23(27(36)37)15-20-17-42-25(30-20)16-34(3)26(35)14-19-10-11-22(24(13-19)40-4)32-28(38)31-21-9-7-6-8-18(21)2/h5-11,13,20,23H,1,12,14-17H2,2-4H3,(H,33,39)(H,36,37)(H2,31,32,38). The molecule has 13 heteroatoms. The number of hydrogen-bond donors (Lipinski definition) is 4. The average Bonchev–Trinajstić information content (AvgIpc) is 3.39. The Morgan fingerprint density at radius 2 is 1.93 bits per heavy atom. The number of aryl methyl sites for hydroxylation is 1. The Balaban J connectivity index is 1.54. The second kappa shape index (κ2) is 15.1. The molecule has 1 heterocycles. The first kappa shape index (κ1) is 31.5. The van der Waals surface area contributed by atoms with E-state index in [-0.39, 0.29) is 44.4 Å². The van der Waals surface area contributed by atoms with Gasteiger partial charge in [0, 0.05) is 19.2 Å². The van der Waals surface area contributed by atoms with Crippen LogP contribution in [0, 0.1) is 6.92 Å². The Kier molecular flexibility index (Phi) is 11.3. The van der Waals surface area contributed by atoms with Crippen molar-refractivity contribution in [2.45, 2.75) is 31.8 Å². The van der Waals surface area contributed by atoms with Crippen LogP contribution in [0.5, 0.6) is 5.75 Å². The number of nitrogens with one attached hydrogen (secondary N) is 3. The highest BCUT2D eigenvalue weighted by atomic mass is 16.5. The number of para-hydroxylation sites is 1. The van der Waals surface area contributed by atoms with Crippen LogP contribution in [0.1, 0.15) is 17.5 Å². The van der Waals surface area contributed by atoms with Crippen LogP contribution in [0.2, 0.25) is 0 Å². The number of urea groups is 1. The van der Waals surface area contributed by atoms with Crippen LogP contribution in [0.3, 0.4) is 0 Å². The predicted octanol–water partition coefficient (Wildman–Crippen LogP) is 3.20. The summed E-state index contributed by atoms with van der Waals surface area (Å²) in [6, 6.07) is 10.3. The number of carboxylic acid groups (broad SMARTS) is 1. The summed E-state index contributed by atoms with van der Waals surface area (Å²) in [6.45, 7) is 5.47. The van der Waals surface area contributed by atoms with E-state index >= 15 is 0 Å². The monoisotopic (exact) mass is 581 g/mol. The third-order valence-corrected chi connectivity index (χ3v) is 6.26. The van der Waals surface area contributed by atoms with Crippen molar-refractivity contribution in [2.24, 2.45) is 4.99 Å². The maximum Gasteiger partial charge on any atom is 0.408 e. The summed E-state index contributed by atoms with van der Waals surface area (Å²) in [5.41, 5.74) is 2.71. The van der Waals surface area contributed by atoms with Crippen molar-refractivity contribution < 1.29 is 38.5 Å². The number of aliphatic carboxylic acids is 1. The van der Waals surface area contributed by atoms with Gasteiger partial charge >= 0.3 is 18.1 Å². The zero-order valence-corrected chi connectivity index (χ0v) is 23.7. The summed E-state index contributed by atoms with van der Waals surface area (Å²) in [5.74, 6) is -0.778. The lowest BCUT2D eigenvalue weighted by Crippen LogP contribution is -2.43. The molecule has 4 N–H and O–H groups in total. The Hall–Kier alpha value is -5.07. The highest BCUT2D eigenvalue weighted by Gasteiger charge is 2.29. The van der Waals surface area contributed by atoms with Gasteiger partial charge in [-0.2, -0.15) is 0 Å². The van der Waals surface area contributed by atoms with Crippen molar-refractivity contribution in [1.82, 2.24) is 10.2 Å². The lowest BCUT2D eigenvalue weighted by molar-refractivity contribution is -0.139. The summed E-state index contributed by atoms with van der Waals surface area (Å²) >= 11 is 0. The SMILES string of the molecule is C=CCOC(=O)NC(CC1COC(CN(C)C(=O)Cc2ccc(NC(=O)Nc3ccccc3C)c(OC)c2)=N1)C(=O)O. The van der Waals surface area contributed by atoms with Crippen molar-refractivity contribution in [1.29, 1.82) is 0 Å². The molecule has 0 aliphatic carbocycles. The maximum atomic E-state index is 12.9. The second-order valence-corrected chi connectivity index (χ2v) is 9.50. The Labute approximate surface area is 243 Å². The van der Waals surface area contributed by atoms with Crippen LogP contribution in [0.25, 0.3) is 0 Å². The van der Waals surface area contributed by atoms with E-state index in [1.165, 1.54) is 18.1 Å². The molecule has 0 bridgehead atoms. The Bertz CT molecular complexity index is 1350. The molecule has 1 aliphatic rings. The smallest absolute Gasteiger partial charge is 0.408 e. The van der Waals surface area contributed by atoms with Crippen molar-refractivity contribution in [3.63, 3.8) is 0 Å². The average molecular weight is 582 g/mol. The number of carbonyl (C=O) groups excluding carboxylic acids is 3. The van der Waals surface area contributed by atoms with E-state index in [9.17, 15) is 24.3 Å². The Morgan fingerprint density at radius 3 is 2.62 bits per heavy atom. The number of nitrogens with zero attached hydrogens (tertiary/aromatic N) is 2. The molecule has 3 rings (SSSR count). The van der Waals surface area contributed by atoms with Gasteiger partial charge in [-0.05, 0) is 36.2 Å². The molecule has 2 atom stereocenters. The largest absolute Gasteiger partial charge is 0.495 e. The molecule has 0 radical (unpaired) electrons. The number of aliphatic imine (C=N–C) groups is 1. The van der Waals surface area contributed by atoms with Gasteiger partial charge in [0.25, 0.3) is 0 Å². The first-order valence-corrected chi connectivity index (χ1v) is 13.1. The number of ether oxygens (including phenoxy) is 3. The Morgan fingerprint density at radius 1 is 1.19 bits per heavy atom. The summed E-state index contributed by atoms with van der Waals surface area (Å²) in [5, 5.41) is 17.3. The molecule has 0 fully saturated rings. The fraction of sp³-hybridized carbons (Fsp3) is 0.345. The minimum Gasteiger partial charge on any atom is -0.495 e.